The Morgan fingerprint density at radius 2 is 1.88 bits per heavy atom. The van der Waals surface area contributed by atoms with Crippen LogP contribution in [0.2, 0.25) is 5.02 Å². The lowest BCUT2D eigenvalue weighted by Gasteiger charge is -2.46. The highest BCUT2D eigenvalue weighted by atomic mass is 35.5. The van der Waals surface area contributed by atoms with Gasteiger partial charge in [-0.2, -0.15) is 0 Å². The van der Waals surface area contributed by atoms with Gasteiger partial charge in [-0.25, -0.2) is 0 Å². The summed E-state index contributed by atoms with van der Waals surface area (Å²) in [5.41, 5.74) is 9.77. The number of aliphatic hydroxyl groups is 1. The third-order valence-corrected chi connectivity index (χ3v) is 6.58. The zero-order valence-corrected chi connectivity index (χ0v) is 18.4. The summed E-state index contributed by atoms with van der Waals surface area (Å²) in [4.78, 5) is 30.7. The number of halogens is 1. The first-order valence-corrected chi connectivity index (χ1v) is 11.0. The lowest BCUT2D eigenvalue weighted by molar-refractivity contribution is -0.141. The van der Waals surface area contributed by atoms with E-state index in [1.54, 1.807) is 41.3 Å². The molecular formula is C23H23ClN4O5. The average Bonchev–Trinajstić information content (AvgIpc) is 2.80. The van der Waals surface area contributed by atoms with Crippen molar-refractivity contribution in [2.45, 2.75) is 49.8 Å². The number of ether oxygens (including phenoxy) is 1. The van der Waals surface area contributed by atoms with Crippen LogP contribution in [0.1, 0.15) is 59.1 Å². The maximum Gasteiger partial charge on any atom is 0.313 e. The Hall–Kier alpha value is -3.26. The first-order valence-electron chi connectivity index (χ1n) is 10.7. The number of hydrogen-bond acceptors (Lipinski definition) is 5. The van der Waals surface area contributed by atoms with E-state index in [1.165, 1.54) is 6.07 Å². The van der Waals surface area contributed by atoms with E-state index in [4.69, 9.17) is 21.9 Å². The second kappa shape index (κ2) is 9.70. The molecule has 10 heteroatoms. The predicted molar refractivity (Wildman–Crippen MR) is 120 cm³/mol. The molecule has 172 valence electrons. The lowest BCUT2D eigenvalue weighted by atomic mass is 9.77. The van der Waals surface area contributed by atoms with Crippen LogP contribution in [0.25, 0.3) is 10.4 Å². The van der Waals surface area contributed by atoms with Gasteiger partial charge in [0.15, 0.2) is 6.73 Å². The van der Waals surface area contributed by atoms with E-state index in [9.17, 15) is 19.8 Å². The molecule has 2 aliphatic rings. The van der Waals surface area contributed by atoms with Gasteiger partial charge in [-0.3, -0.25) is 9.59 Å². The SMILES string of the molecule is [N-]=[N+]=NCOc1ccc2c(c1)[C@@H](C(=O)O)[C@H](c1ccc(Cl)cc1)N([C@H]1CC[C@H](O)CC1)C2=O. The fraction of sp³-hybridized carbons (Fsp3) is 0.391. The van der Waals surface area contributed by atoms with E-state index in [1.807, 2.05) is 0 Å². The van der Waals surface area contributed by atoms with Crippen LogP contribution in [0.4, 0.5) is 0 Å². The monoisotopic (exact) mass is 470 g/mol. The Kier molecular flexibility index (Phi) is 6.74. The van der Waals surface area contributed by atoms with Crippen molar-refractivity contribution in [2.24, 2.45) is 5.11 Å². The summed E-state index contributed by atoms with van der Waals surface area (Å²) >= 11 is 6.07. The van der Waals surface area contributed by atoms with Gasteiger partial charge in [0.25, 0.3) is 5.91 Å². The van der Waals surface area contributed by atoms with E-state index in [0.29, 0.717) is 53.1 Å². The van der Waals surface area contributed by atoms with Crippen LogP contribution in [0.3, 0.4) is 0 Å². The van der Waals surface area contributed by atoms with Crippen molar-refractivity contribution in [1.82, 2.24) is 4.90 Å². The molecule has 1 saturated carbocycles. The topological polar surface area (TPSA) is 136 Å². The van der Waals surface area contributed by atoms with Crippen LogP contribution < -0.4 is 4.74 Å². The highest BCUT2D eigenvalue weighted by Gasteiger charge is 2.47. The maximum absolute atomic E-state index is 13.7. The summed E-state index contributed by atoms with van der Waals surface area (Å²) in [6, 6.07) is 10.5. The molecule has 2 N–H and O–H groups in total. The third-order valence-electron chi connectivity index (χ3n) is 6.33. The molecule has 1 amide bonds. The molecule has 9 nitrogen and oxygen atoms in total. The summed E-state index contributed by atoms with van der Waals surface area (Å²) < 4.78 is 5.40. The molecule has 0 unspecified atom stereocenters. The van der Waals surface area contributed by atoms with Gasteiger partial charge < -0.3 is 19.8 Å². The van der Waals surface area contributed by atoms with Crippen LogP contribution in [-0.2, 0) is 4.79 Å². The van der Waals surface area contributed by atoms with Crippen LogP contribution >= 0.6 is 11.6 Å². The molecule has 0 spiro atoms. The number of aliphatic carboxylic acids is 1. The number of benzene rings is 2. The molecular weight excluding hydrogens is 448 g/mol. The number of aliphatic hydroxyl groups excluding tert-OH is 1. The zero-order chi connectivity index (χ0) is 23.5. The van der Waals surface area contributed by atoms with Gasteiger partial charge in [-0.15, -0.1) is 0 Å². The smallest absolute Gasteiger partial charge is 0.313 e. The number of carboxylic acids is 1. The van der Waals surface area contributed by atoms with Gasteiger partial charge >= 0.3 is 5.97 Å². The number of hydrogen-bond donors (Lipinski definition) is 2. The van der Waals surface area contributed by atoms with Gasteiger partial charge in [0.1, 0.15) is 11.7 Å². The van der Waals surface area contributed by atoms with Gasteiger partial charge in [-0.05, 0) is 72.7 Å². The second-order valence-electron chi connectivity index (χ2n) is 8.24. The van der Waals surface area contributed by atoms with Crippen molar-refractivity contribution >= 4 is 23.5 Å². The van der Waals surface area contributed by atoms with Crippen LogP contribution in [0.15, 0.2) is 47.6 Å². The van der Waals surface area contributed by atoms with E-state index in [2.05, 4.69) is 10.0 Å². The van der Waals surface area contributed by atoms with Crippen molar-refractivity contribution in [1.29, 1.82) is 0 Å². The Morgan fingerprint density at radius 3 is 2.52 bits per heavy atom. The van der Waals surface area contributed by atoms with Gasteiger partial charge in [0.2, 0.25) is 0 Å². The minimum absolute atomic E-state index is 0.197. The quantitative estimate of drug-likeness (QED) is 0.359. The number of amides is 1. The summed E-state index contributed by atoms with van der Waals surface area (Å²) in [6.45, 7) is -0.252. The van der Waals surface area contributed by atoms with Crippen molar-refractivity contribution in [3.63, 3.8) is 0 Å². The number of nitrogens with zero attached hydrogens (tertiary/aromatic N) is 4. The Bertz CT molecular complexity index is 1090. The number of azide groups is 1. The van der Waals surface area contributed by atoms with E-state index >= 15 is 0 Å². The molecule has 0 radical (unpaired) electrons. The van der Waals surface area contributed by atoms with E-state index in [0.717, 1.165) is 0 Å². The number of carbonyl (C=O) groups is 2. The highest BCUT2D eigenvalue weighted by Crippen LogP contribution is 2.46. The normalized spacial score (nSPS) is 24.5. The molecule has 33 heavy (non-hydrogen) atoms. The molecule has 0 saturated heterocycles. The summed E-state index contributed by atoms with van der Waals surface area (Å²) in [7, 11) is 0. The number of fused-ring (bicyclic) bond motifs is 1. The van der Waals surface area contributed by atoms with Gasteiger partial charge in [0, 0.05) is 21.5 Å². The molecule has 4 rings (SSSR count). The van der Waals surface area contributed by atoms with Crippen LogP contribution in [-0.4, -0.2) is 45.9 Å². The molecule has 1 aliphatic heterocycles. The first-order chi connectivity index (χ1) is 15.9. The van der Waals surface area contributed by atoms with Crippen molar-refractivity contribution < 1.29 is 24.5 Å². The molecule has 1 heterocycles. The first kappa shape index (κ1) is 22.9. The lowest BCUT2D eigenvalue weighted by Crippen LogP contribution is -2.51. The van der Waals surface area contributed by atoms with Crippen molar-refractivity contribution in [3.8, 4) is 5.75 Å². The highest BCUT2D eigenvalue weighted by molar-refractivity contribution is 6.30. The zero-order valence-electron chi connectivity index (χ0n) is 17.7. The fourth-order valence-electron chi connectivity index (χ4n) is 4.82. The molecule has 2 aromatic carbocycles. The molecule has 0 bridgehead atoms. The minimum atomic E-state index is -1.07. The molecule has 2 atom stereocenters. The van der Waals surface area contributed by atoms with Gasteiger partial charge in [0.05, 0.1) is 12.1 Å². The Balaban J connectivity index is 1.83. The maximum atomic E-state index is 13.7. The summed E-state index contributed by atoms with van der Waals surface area (Å²) in [5, 5.41) is 24.1. The summed E-state index contributed by atoms with van der Waals surface area (Å²) in [5.74, 6) is -2.07. The van der Waals surface area contributed by atoms with Gasteiger partial charge in [-0.1, -0.05) is 28.8 Å². The predicted octanol–water partition coefficient (Wildman–Crippen LogP) is 4.66. The summed E-state index contributed by atoms with van der Waals surface area (Å²) in [6.07, 6.45) is 1.88. The molecule has 1 fully saturated rings. The fourth-order valence-corrected chi connectivity index (χ4v) is 4.94. The number of carboxylic acid groups (broad SMARTS) is 1. The number of rotatable bonds is 6. The average molecular weight is 471 g/mol. The number of carbonyl (C=O) groups excluding carboxylic acids is 1. The third kappa shape index (κ3) is 4.61. The Labute approximate surface area is 195 Å². The van der Waals surface area contributed by atoms with Crippen molar-refractivity contribution in [2.75, 3.05) is 6.73 Å². The van der Waals surface area contributed by atoms with E-state index < -0.39 is 24.0 Å². The Morgan fingerprint density at radius 1 is 1.18 bits per heavy atom. The second-order valence-corrected chi connectivity index (χ2v) is 8.68. The van der Waals surface area contributed by atoms with Crippen molar-refractivity contribution in [3.05, 3.63) is 74.6 Å². The molecule has 2 aromatic rings. The minimum Gasteiger partial charge on any atom is -0.488 e. The van der Waals surface area contributed by atoms with E-state index in [-0.39, 0.29) is 18.7 Å². The molecule has 0 aromatic heterocycles. The standard InChI is InChI=1S/C23H23ClN4O5/c24-14-3-1-13(2-4-14)21-20(23(31)32)19-11-17(33-12-26-27-25)9-10-18(19)22(30)28(21)15-5-7-16(29)8-6-15/h1-4,9-11,15-16,20-21,29H,5-8,12H2,(H,31,32)/t15-,16-,20-,21+/m1/s1. The van der Waals surface area contributed by atoms with Crippen LogP contribution in [0, 0.1) is 0 Å². The molecule has 1 aliphatic carbocycles. The van der Waals surface area contributed by atoms with Crippen LogP contribution in [0.5, 0.6) is 5.75 Å². The largest absolute Gasteiger partial charge is 0.488 e.